The van der Waals surface area contributed by atoms with Crippen molar-refractivity contribution >= 4 is 0 Å². The van der Waals surface area contributed by atoms with Crippen LogP contribution in [0.2, 0.25) is 0 Å². The van der Waals surface area contributed by atoms with E-state index in [1.54, 1.807) is 0 Å². The smallest absolute Gasteiger partial charge is 0.00203 e. The van der Waals surface area contributed by atoms with Crippen molar-refractivity contribution in [2.24, 2.45) is 11.8 Å². The second kappa shape index (κ2) is 2.30. The lowest BCUT2D eigenvalue weighted by molar-refractivity contribution is 0.159. The summed E-state index contributed by atoms with van der Waals surface area (Å²) in [6.45, 7) is 2.57. The van der Waals surface area contributed by atoms with Crippen LogP contribution in [0.5, 0.6) is 0 Å². The Labute approximate surface area is 56.8 Å². The summed E-state index contributed by atoms with van der Waals surface area (Å²) in [7, 11) is 0. The number of hydrogen-bond donors (Lipinski definition) is 1. The second-order valence-corrected chi connectivity index (χ2v) is 3.55. The molecular formula is C8H15N. The van der Waals surface area contributed by atoms with Gasteiger partial charge in [-0.3, -0.25) is 0 Å². The minimum absolute atomic E-state index is 1.05. The van der Waals surface area contributed by atoms with E-state index in [4.69, 9.17) is 0 Å². The van der Waals surface area contributed by atoms with E-state index >= 15 is 0 Å². The molecule has 1 aliphatic carbocycles. The van der Waals surface area contributed by atoms with Crippen LogP contribution < -0.4 is 5.32 Å². The zero-order valence-corrected chi connectivity index (χ0v) is 5.90. The molecule has 0 unspecified atom stereocenters. The van der Waals surface area contributed by atoms with Crippen molar-refractivity contribution in [2.45, 2.75) is 25.7 Å². The summed E-state index contributed by atoms with van der Waals surface area (Å²) in [5, 5.41) is 3.47. The summed E-state index contributed by atoms with van der Waals surface area (Å²) in [5.74, 6) is 2.17. The topological polar surface area (TPSA) is 12.0 Å². The van der Waals surface area contributed by atoms with Gasteiger partial charge in [-0.15, -0.1) is 0 Å². The normalized spacial score (nSPS) is 42.7. The Morgan fingerprint density at radius 3 is 2.89 bits per heavy atom. The van der Waals surface area contributed by atoms with E-state index in [1.807, 2.05) is 0 Å². The van der Waals surface area contributed by atoms with Crippen molar-refractivity contribution in [3.8, 4) is 0 Å². The summed E-state index contributed by atoms with van der Waals surface area (Å²) in [6, 6.07) is 0. The Kier molecular flexibility index (Phi) is 1.46. The Balaban J connectivity index is 1.85. The van der Waals surface area contributed by atoms with E-state index in [-0.39, 0.29) is 0 Å². The van der Waals surface area contributed by atoms with Crippen LogP contribution in [0.1, 0.15) is 25.7 Å². The third-order valence-electron chi connectivity index (χ3n) is 2.73. The first-order chi connectivity index (χ1) is 4.45. The van der Waals surface area contributed by atoms with E-state index in [0.717, 1.165) is 11.8 Å². The molecular weight excluding hydrogens is 110 g/mol. The van der Waals surface area contributed by atoms with Gasteiger partial charge in [0.05, 0.1) is 0 Å². The lowest BCUT2D eigenvalue weighted by Crippen LogP contribution is -2.36. The molecule has 52 valence electrons. The van der Waals surface area contributed by atoms with Gasteiger partial charge in [0.25, 0.3) is 0 Å². The highest BCUT2D eigenvalue weighted by Crippen LogP contribution is 2.37. The minimum Gasteiger partial charge on any atom is -0.316 e. The molecule has 2 heterocycles. The van der Waals surface area contributed by atoms with Gasteiger partial charge >= 0.3 is 0 Å². The zero-order valence-electron chi connectivity index (χ0n) is 5.90. The van der Waals surface area contributed by atoms with Gasteiger partial charge in [0.2, 0.25) is 0 Å². The Morgan fingerprint density at radius 2 is 2.00 bits per heavy atom. The first kappa shape index (κ1) is 5.72. The quantitative estimate of drug-likeness (QED) is 0.516. The molecule has 0 atom stereocenters. The molecule has 0 aromatic heterocycles. The van der Waals surface area contributed by atoms with Gasteiger partial charge in [0, 0.05) is 0 Å². The fraction of sp³-hybridized carbons (Fsp3) is 1.00. The molecule has 1 heteroatoms. The van der Waals surface area contributed by atoms with Gasteiger partial charge in [-0.25, -0.2) is 0 Å². The van der Waals surface area contributed by atoms with Crippen LogP contribution in [0.3, 0.4) is 0 Å². The van der Waals surface area contributed by atoms with E-state index in [1.165, 1.54) is 38.8 Å². The molecule has 2 aliphatic heterocycles. The molecule has 3 rings (SSSR count). The summed E-state index contributed by atoms with van der Waals surface area (Å²) in [6.07, 6.45) is 5.95. The molecule has 9 heavy (non-hydrogen) atoms. The molecule has 3 fully saturated rings. The molecule has 0 aromatic carbocycles. The lowest BCUT2D eigenvalue weighted by atomic mass is 9.72. The predicted octanol–water partition coefficient (Wildman–Crippen LogP) is 1.40. The third-order valence-corrected chi connectivity index (χ3v) is 2.73. The SMILES string of the molecule is C1CNCC2CC(C1)C2. The monoisotopic (exact) mass is 125 g/mol. The molecule has 0 radical (unpaired) electrons. The van der Waals surface area contributed by atoms with E-state index in [2.05, 4.69) is 5.32 Å². The van der Waals surface area contributed by atoms with Crippen LogP contribution in [0, 0.1) is 11.8 Å². The third kappa shape index (κ3) is 1.11. The standard InChI is InChI=1S/C8H15N/c1-2-7-4-8(5-7)6-9-3-1/h7-9H,1-6H2. The predicted molar refractivity (Wildman–Crippen MR) is 38.3 cm³/mol. The van der Waals surface area contributed by atoms with Crippen LogP contribution in [0.4, 0.5) is 0 Å². The van der Waals surface area contributed by atoms with Crippen LogP contribution in [-0.4, -0.2) is 13.1 Å². The Bertz CT molecular complexity index is 79.2. The van der Waals surface area contributed by atoms with Crippen LogP contribution in [-0.2, 0) is 0 Å². The molecule has 3 aliphatic rings. The molecule has 1 nitrogen and oxygen atoms in total. The average molecular weight is 125 g/mol. The van der Waals surface area contributed by atoms with Crippen LogP contribution in [0.25, 0.3) is 0 Å². The maximum absolute atomic E-state index is 3.47. The summed E-state index contributed by atoms with van der Waals surface area (Å²) in [5.41, 5.74) is 0. The van der Waals surface area contributed by atoms with Crippen LogP contribution >= 0.6 is 0 Å². The van der Waals surface area contributed by atoms with Gasteiger partial charge in [-0.05, 0) is 50.6 Å². The molecule has 2 bridgehead atoms. The molecule has 0 aromatic rings. The van der Waals surface area contributed by atoms with Crippen molar-refractivity contribution in [3.05, 3.63) is 0 Å². The number of nitrogens with one attached hydrogen (secondary N) is 1. The largest absolute Gasteiger partial charge is 0.316 e. The van der Waals surface area contributed by atoms with Gasteiger partial charge in [0.15, 0.2) is 0 Å². The second-order valence-electron chi connectivity index (χ2n) is 3.55. The molecule has 1 saturated carbocycles. The Hall–Kier alpha value is -0.0400. The van der Waals surface area contributed by atoms with Crippen molar-refractivity contribution in [1.82, 2.24) is 5.32 Å². The zero-order chi connectivity index (χ0) is 6.10. The molecule has 0 amide bonds. The van der Waals surface area contributed by atoms with Gasteiger partial charge in [-0.2, -0.15) is 0 Å². The molecule has 2 saturated heterocycles. The number of fused-ring (bicyclic) bond motifs is 4. The summed E-state index contributed by atoms with van der Waals surface area (Å²) in [4.78, 5) is 0. The first-order valence-electron chi connectivity index (χ1n) is 4.16. The maximum atomic E-state index is 3.47. The highest BCUT2D eigenvalue weighted by molar-refractivity contribution is 4.82. The van der Waals surface area contributed by atoms with Crippen molar-refractivity contribution in [1.29, 1.82) is 0 Å². The fourth-order valence-corrected chi connectivity index (χ4v) is 2.10. The van der Waals surface area contributed by atoms with Crippen molar-refractivity contribution in [2.75, 3.05) is 13.1 Å². The van der Waals surface area contributed by atoms with Gasteiger partial charge < -0.3 is 5.32 Å². The van der Waals surface area contributed by atoms with Crippen molar-refractivity contribution < 1.29 is 0 Å². The highest BCUT2D eigenvalue weighted by Gasteiger charge is 2.29. The number of hydrogen-bond acceptors (Lipinski definition) is 1. The number of rotatable bonds is 0. The molecule has 1 N–H and O–H groups in total. The minimum atomic E-state index is 1.05. The van der Waals surface area contributed by atoms with Gasteiger partial charge in [0.1, 0.15) is 0 Å². The van der Waals surface area contributed by atoms with E-state index in [0.29, 0.717) is 0 Å². The van der Waals surface area contributed by atoms with E-state index in [9.17, 15) is 0 Å². The van der Waals surface area contributed by atoms with Gasteiger partial charge in [-0.1, -0.05) is 0 Å². The van der Waals surface area contributed by atoms with E-state index < -0.39 is 0 Å². The summed E-state index contributed by atoms with van der Waals surface area (Å²) >= 11 is 0. The molecule has 0 spiro atoms. The highest BCUT2D eigenvalue weighted by atomic mass is 14.9. The maximum Gasteiger partial charge on any atom is -0.00203 e. The van der Waals surface area contributed by atoms with Crippen molar-refractivity contribution in [3.63, 3.8) is 0 Å². The van der Waals surface area contributed by atoms with Crippen LogP contribution in [0.15, 0.2) is 0 Å². The first-order valence-corrected chi connectivity index (χ1v) is 4.16. The fourth-order valence-electron chi connectivity index (χ4n) is 2.10. The summed E-state index contributed by atoms with van der Waals surface area (Å²) < 4.78 is 0. The lowest BCUT2D eigenvalue weighted by Gasteiger charge is -2.37. The average Bonchev–Trinajstić information content (AvgIpc) is 1.54. The Morgan fingerprint density at radius 1 is 1.11 bits per heavy atom.